The topological polar surface area (TPSA) is 68.9 Å². The maximum absolute atomic E-state index is 5.86. The van der Waals surface area contributed by atoms with E-state index in [1.54, 1.807) is 0 Å². The molecule has 1 aliphatic rings. The van der Waals surface area contributed by atoms with Crippen LogP contribution in [0, 0.1) is 5.92 Å². The molecule has 0 radical (unpaired) electrons. The van der Waals surface area contributed by atoms with Crippen molar-refractivity contribution in [3.8, 4) is 5.75 Å². The van der Waals surface area contributed by atoms with Crippen molar-refractivity contribution >= 4 is 35.6 Å². The smallest absolute Gasteiger partial charge is 0.193 e. The Kier molecular flexibility index (Phi) is 9.31. The van der Waals surface area contributed by atoms with Gasteiger partial charge in [0.15, 0.2) is 5.96 Å². The van der Waals surface area contributed by atoms with E-state index < -0.39 is 0 Å². The summed E-state index contributed by atoms with van der Waals surface area (Å²) in [6, 6.07) is 7.69. The Hall–Kier alpha value is -1.02. The summed E-state index contributed by atoms with van der Waals surface area (Å²) in [6.07, 6.45) is 3.73. The van der Waals surface area contributed by atoms with Crippen LogP contribution in [0.3, 0.4) is 0 Å². The fourth-order valence-electron chi connectivity index (χ4n) is 1.98. The molecule has 1 aromatic carbocycles. The highest BCUT2D eigenvalue weighted by Crippen LogP contribution is 2.28. The second kappa shape index (κ2) is 10.7. The summed E-state index contributed by atoms with van der Waals surface area (Å²) in [5, 5.41) is 3.07. The first-order chi connectivity index (χ1) is 10.6. The van der Waals surface area contributed by atoms with Crippen LogP contribution in [-0.2, 0) is 4.74 Å². The minimum Gasteiger partial charge on any atom is -0.491 e. The first-order valence-corrected chi connectivity index (χ1v) is 8.05. The molecule has 0 bridgehead atoms. The van der Waals surface area contributed by atoms with Crippen molar-refractivity contribution in [2.24, 2.45) is 16.6 Å². The van der Waals surface area contributed by atoms with Crippen LogP contribution in [-0.4, -0.2) is 31.8 Å². The van der Waals surface area contributed by atoms with Crippen LogP contribution < -0.4 is 15.8 Å². The molecule has 5 nitrogen and oxygen atoms in total. The lowest BCUT2D eigenvalue weighted by Crippen LogP contribution is -2.23. The third kappa shape index (κ3) is 9.00. The summed E-state index contributed by atoms with van der Waals surface area (Å²) in [6.45, 7) is 6.35. The Labute approximate surface area is 156 Å². The monoisotopic (exact) mass is 433 g/mol. The van der Waals surface area contributed by atoms with E-state index in [9.17, 15) is 0 Å². The molecule has 0 unspecified atom stereocenters. The minimum atomic E-state index is 0. The van der Waals surface area contributed by atoms with Crippen LogP contribution in [0.1, 0.15) is 33.1 Å². The van der Waals surface area contributed by atoms with E-state index in [0.29, 0.717) is 12.5 Å². The normalized spacial score (nSPS) is 14.5. The van der Waals surface area contributed by atoms with E-state index >= 15 is 0 Å². The summed E-state index contributed by atoms with van der Waals surface area (Å²) >= 11 is 0. The van der Waals surface area contributed by atoms with Gasteiger partial charge in [-0.1, -0.05) is 0 Å². The summed E-state index contributed by atoms with van der Waals surface area (Å²) < 4.78 is 11.2. The number of guanidine groups is 1. The molecular formula is C17H28IN3O2. The van der Waals surface area contributed by atoms with Gasteiger partial charge < -0.3 is 20.5 Å². The molecule has 1 fully saturated rings. The lowest BCUT2D eigenvalue weighted by Gasteiger charge is -2.11. The lowest BCUT2D eigenvalue weighted by atomic mass is 10.3. The fourth-order valence-corrected chi connectivity index (χ4v) is 1.98. The number of anilines is 1. The quantitative estimate of drug-likeness (QED) is 0.270. The number of rotatable bonds is 9. The van der Waals surface area contributed by atoms with Crippen LogP contribution in [0.15, 0.2) is 29.3 Å². The maximum atomic E-state index is 5.86. The van der Waals surface area contributed by atoms with E-state index in [4.69, 9.17) is 15.2 Å². The number of ether oxygens (including phenoxy) is 2. The Morgan fingerprint density at radius 3 is 2.61 bits per heavy atom. The van der Waals surface area contributed by atoms with Crippen molar-refractivity contribution in [1.82, 2.24) is 0 Å². The Bertz CT molecular complexity index is 473. The third-order valence-corrected chi connectivity index (χ3v) is 3.28. The van der Waals surface area contributed by atoms with Gasteiger partial charge in [0.2, 0.25) is 0 Å². The molecule has 0 heterocycles. The lowest BCUT2D eigenvalue weighted by molar-refractivity contribution is 0.123. The molecule has 23 heavy (non-hydrogen) atoms. The number of halogens is 1. The third-order valence-electron chi connectivity index (χ3n) is 3.28. The highest BCUT2D eigenvalue weighted by atomic mass is 127. The standard InChI is InChI=1S/C17H27N3O2.HI/c1-13(2)22-16-8-6-15(7-9-16)20-17(18)19-10-3-11-21-12-14-4-5-14;/h6-9,13-14H,3-5,10-12H2,1-2H3,(H3,18,19,20);1H. The number of aliphatic imine (C=N–C) groups is 1. The number of nitrogens with two attached hydrogens (primary N) is 1. The highest BCUT2D eigenvalue weighted by Gasteiger charge is 2.20. The van der Waals surface area contributed by atoms with Crippen molar-refractivity contribution in [1.29, 1.82) is 0 Å². The predicted molar refractivity (Wildman–Crippen MR) is 106 cm³/mol. The van der Waals surface area contributed by atoms with Crippen molar-refractivity contribution in [2.75, 3.05) is 25.1 Å². The predicted octanol–water partition coefficient (Wildman–Crippen LogP) is 3.64. The maximum Gasteiger partial charge on any atom is 0.193 e. The number of nitrogens with zero attached hydrogens (tertiary/aromatic N) is 1. The number of nitrogens with one attached hydrogen (secondary N) is 1. The summed E-state index contributed by atoms with van der Waals surface area (Å²) in [7, 11) is 0. The zero-order chi connectivity index (χ0) is 15.8. The molecule has 0 aromatic heterocycles. The van der Waals surface area contributed by atoms with Crippen LogP contribution in [0.25, 0.3) is 0 Å². The summed E-state index contributed by atoms with van der Waals surface area (Å²) in [5.74, 6) is 2.10. The van der Waals surface area contributed by atoms with Crippen molar-refractivity contribution in [2.45, 2.75) is 39.2 Å². The van der Waals surface area contributed by atoms with Gasteiger partial charge in [0.25, 0.3) is 0 Å². The molecule has 3 N–H and O–H groups in total. The zero-order valence-electron chi connectivity index (χ0n) is 14.0. The molecule has 1 aromatic rings. The van der Waals surface area contributed by atoms with Gasteiger partial charge in [-0.25, -0.2) is 0 Å². The zero-order valence-corrected chi connectivity index (χ0v) is 16.3. The molecule has 6 heteroatoms. The van der Waals surface area contributed by atoms with E-state index in [2.05, 4.69) is 10.3 Å². The van der Waals surface area contributed by atoms with Gasteiger partial charge in [-0.2, -0.15) is 0 Å². The van der Waals surface area contributed by atoms with E-state index in [-0.39, 0.29) is 30.1 Å². The van der Waals surface area contributed by atoms with Gasteiger partial charge in [-0.05, 0) is 63.3 Å². The van der Waals surface area contributed by atoms with Crippen molar-refractivity contribution in [3.63, 3.8) is 0 Å². The fraction of sp³-hybridized carbons (Fsp3) is 0.588. The highest BCUT2D eigenvalue weighted by molar-refractivity contribution is 14.0. The Morgan fingerprint density at radius 2 is 2.00 bits per heavy atom. The molecule has 0 saturated heterocycles. The van der Waals surface area contributed by atoms with Crippen LogP contribution in [0.5, 0.6) is 5.75 Å². The average molecular weight is 433 g/mol. The second-order valence-electron chi connectivity index (χ2n) is 5.95. The molecular weight excluding hydrogens is 405 g/mol. The number of benzene rings is 1. The summed E-state index contributed by atoms with van der Waals surface area (Å²) in [4.78, 5) is 4.29. The van der Waals surface area contributed by atoms with Gasteiger partial charge in [0, 0.05) is 25.4 Å². The Balaban J connectivity index is 0.00000264. The van der Waals surface area contributed by atoms with E-state index in [0.717, 1.165) is 37.0 Å². The van der Waals surface area contributed by atoms with Crippen LogP contribution in [0.2, 0.25) is 0 Å². The van der Waals surface area contributed by atoms with Crippen molar-refractivity contribution in [3.05, 3.63) is 24.3 Å². The number of hydrogen-bond acceptors (Lipinski definition) is 3. The molecule has 0 atom stereocenters. The molecule has 1 saturated carbocycles. The molecule has 130 valence electrons. The van der Waals surface area contributed by atoms with Gasteiger partial charge in [-0.3, -0.25) is 4.99 Å². The molecule has 1 aliphatic carbocycles. The molecule has 0 amide bonds. The average Bonchev–Trinajstić information content (AvgIpc) is 3.28. The molecule has 0 spiro atoms. The van der Waals surface area contributed by atoms with Crippen LogP contribution >= 0.6 is 24.0 Å². The van der Waals surface area contributed by atoms with Gasteiger partial charge >= 0.3 is 0 Å². The largest absolute Gasteiger partial charge is 0.491 e. The minimum absolute atomic E-state index is 0. The SMILES string of the molecule is CC(C)Oc1ccc(NC(N)=NCCCOCC2CC2)cc1.I. The second-order valence-corrected chi connectivity index (χ2v) is 5.95. The first kappa shape index (κ1) is 20.0. The molecule has 2 rings (SSSR count). The van der Waals surface area contributed by atoms with Crippen LogP contribution in [0.4, 0.5) is 5.69 Å². The first-order valence-electron chi connectivity index (χ1n) is 8.05. The number of hydrogen-bond donors (Lipinski definition) is 2. The molecule has 0 aliphatic heterocycles. The van der Waals surface area contributed by atoms with Crippen molar-refractivity contribution < 1.29 is 9.47 Å². The van der Waals surface area contributed by atoms with E-state index in [1.807, 2.05) is 38.1 Å². The van der Waals surface area contributed by atoms with Gasteiger partial charge in [-0.15, -0.1) is 24.0 Å². The van der Waals surface area contributed by atoms with E-state index in [1.165, 1.54) is 12.8 Å². The van der Waals surface area contributed by atoms with Gasteiger partial charge in [0.1, 0.15) is 5.75 Å². The van der Waals surface area contributed by atoms with Gasteiger partial charge in [0.05, 0.1) is 6.10 Å². The summed E-state index contributed by atoms with van der Waals surface area (Å²) in [5.41, 5.74) is 6.77. The Morgan fingerprint density at radius 1 is 1.30 bits per heavy atom.